The van der Waals surface area contributed by atoms with Crippen LogP contribution >= 0.6 is 23.2 Å². The van der Waals surface area contributed by atoms with Gasteiger partial charge >= 0.3 is 0 Å². The highest BCUT2D eigenvalue weighted by Gasteiger charge is 2.24. The van der Waals surface area contributed by atoms with Crippen LogP contribution in [0.1, 0.15) is 10.4 Å². The molecule has 0 spiro atoms. The minimum absolute atomic E-state index is 0.0935. The normalized spacial score (nSPS) is 14.2. The van der Waals surface area contributed by atoms with Crippen LogP contribution in [0.4, 0.5) is 17.1 Å². The molecule has 1 aliphatic rings. The summed E-state index contributed by atoms with van der Waals surface area (Å²) < 4.78 is 5.29. The first kappa shape index (κ1) is 18.4. The molecule has 136 valence electrons. The van der Waals surface area contributed by atoms with Crippen LogP contribution in [0.5, 0.6) is 0 Å². The standard InChI is InChI=1S/C17H15Cl2N3O4/c18-12-3-1-11(2-4-12)17(23)20-14-10-15(21-5-7-26-8-6-21)16(22(24)25)9-13(14)19/h1-4,9-10H,5-8H2,(H,20,23). The van der Waals surface area contributed by atoms with Crippen LogP contribution in [0.2, 0.25) is 10.0 Å². The van der Waals surface area contributed by atoms with E-state index < -0.39 is 4.92 Å². The van der Waals surface area contributed by atoms with Crippen molar-refractivity contribution in [3.05, 3.63) is 62.1 Å². The second-order valence-electron chi connectivity index (χ2n) is 5.64. The molecule has 26 heavy (non-hydrogen) atoms. The molecule has 2 aromatic rings. The summed E-state index contributed by atoms with van der Waals surface area (Å²) in [7, 11) is 0. The van der Waals surface area contributed by atoms with Gasteiger partial charge in [-0.1, -0.05) is 23.2 Å². The summed E-state index contributed by atoms with van der Waals surface area (Å²) in [6.45, 7) is 2.00. The Morgan fingerprint density at radius 2 is 1.81 bits per heavy atom. The van der Waals surface area contributed by atoms with E-state index in [2.05, 4.69) is 5.32 Å². The van der Waals surface area contributed by atoms with Crippen LogP contribution in [-0.2, 0) is 4.74 Å². The molecule has 0 radical (unpaired) electrons. The number of hydrogen-bond acceptors (Lipinski definition) is 5. The van der Waals surface area contributed by atoms with Gasteiger partial charge in [0.1, 0.15) is 5.69 Å². The van der Waals surface area contributed by atoms with E-state index >= 15 is 0 Å². The van der Waals surface area contributed by atoms with E-state index in [0.29, 0.717) is 48.3 Å². The maximum absolute atomic E-state index is 12.4. The zero-order valence-corrected chi connectivity index (χ0v) is 15.1. The van der Waals surface area contributed by atoms with E-state index in [1.165, 1.54) is 12.1 Å². The molecule has 0 saturated carbocycles. The number of nitro benzene ring substituents is 1. The third kappa shape index (κ3) is 4.07. The molecule has 0 bridgehead atoms. The summed E-state index contributed by atoms with van der Waals surface area (Å²) in [5, 5.41) is 14.7. The van der Waals surface area contributed by atoms with Crippen LogP contribution in [0.3, 0.4) is 0 Å². The monoisotopic (exact) mass is 395 g/mol. The molecule has 1 heterocycles. The summed E-state index contributed by atoms with van der Waals surface area (Å²) in [5.74, 6) is -0.384. The van der Waals surface area contributed by atoms with Gasteiger partial charge in [-0.2, -0.15) is 0 Å². The number of anilines is 2. The van der Waals surface area contributed by atoms with Crippen molar-refractivity contribution < 1.29 is 14.5 Å². The van der Waals surface area contributed by atoms with Crippen molar-refractivity contribution in [2.45, 2.75) is 0 Å². The molecule has 0 aliphatic carbocycles. The average molecular weight is 396 g/mol. The van der Waals surface area contributed by atoms with Gasteiger partial charge in [0, 0.05) is 29.7 Å². The van der Waals surface area contributed by atoms with Crippen molar-refractivity contribution >= 4 is 46.2 Å². The lowest BCUT2D eigenvalue weighted by Crippen LogP contribution is -2.36. The lowest BCUT2D eigenvalue weighted by atomic mass is 10.1. The van der Waals surface area contributed by atoms with Gasteiger partial charge < -0.3 is 15.0 Å². The number of nitrogens with one attached hydrogen (secondary N) is 1. The van der Waals surface area contributed by atoms with Crippen LogP contribution in [0.25, 0.3) is 0 Å². The maximum Gasteiger partial charge on any atom is 0.294 e. The first-order valence-corrected chi connectivity index (χ1v) is 8.59. The molecule has 0 atom stereocenters. The predicted molar refractivity (Wildman–Crippen MR) is 101 cm³/mol. The first-order chi connectivity index (χ1) is 12.5. The van der Waals surface area contributed by atoms with E-state index in [1.807, 2.05) is 4.90 Å². The number of carbonyl (C=O) groups excluding carboxylic acids is 1. The van der Waals surface area contributed by atoms with Crippen LogP contribution < -0.4 is 10.2 Å². The fourth-order valence-electron chi connectivity index (χ4n) is 2.65. The molecule has 2 aromatic carbocycles. The summed E-state index contributed by atoms with van der Waals surface area (Å²) in [6.07, 6.45) is 0. The topological polar surface area (TPSA) is 84.7 Å². The molecule has 7 nitrogen and oxygen atoms in total. The minimum Gasteiger partial charge on any atom is -0.378 e. The average Bonchev–Trinajstić information content (AvgIpc) is 2.64. The summed E-state index contributed by atoms with van der Waals surface area (Å²) in [6, 6.07) is 9.16. The van der Waals surface area contributed by atoms with Gasteiger partial charge in [0.2, 0.25) is 0 Å². The Morgan fingerprint density at radius 3 is 2.42 bits per heavy atom. The number of halogens is 2. The van der Waals surface area contributed by atoms with Crippen LogP contribution in [0.15, 0.2) is 36.4 Å². The highest BCUT2D eigenvalue weighted by molar-refractivity contribution is 6.34. The Bertz CT molecular complexity index is 837. The summed E-state index contributed by atoms with van der Waals surface area (Å²) >= 11 is 12.0. The van der Waals surface area contributed by atoms with Crippen molar-refractivity contribution in [2.24, 2.45) is 0 Å². The van der Waals surface area contributed by atoms with Gasteiger partial charge in [0.15, 0.2) is 0 Å². The number of rotatable bonds is 4. The molecule has 3 rings (SSSR count). The van der Waals surface area contributed by atoms with E-state index in [9.17, 15) is 14.9 Å². The van der Waals surface area contributed by atoms with Gasteiger partial charge in [-0.15, -0.1) is 0 Å². The van der Waals surface area contributed by atoms with Gasteiger partial charge in [-0.25, -0.2) is 0 Å². The Morgan fingerprint density at radius 1 is 1.15 bits per heavy atom. The fourth-order valence-corrected chi connectivity index (χ4v) is 2.98. The smallest absolute Gasteiger partial charge is 0.294 e. The number of benzene rings is 2. The van der Waals surface area contributed by atoms with Crippen molar-refractivity contribution in [1.82, 2.24) is 0 Å². The number of carbonyl (C=O) groups is 1. The zero-order valence-electron chi connectivity index (χ0n) is 13.6. The highest BCUT2D eigenvalue weighted by Crippen LogP contribution is 2.37. The molecular weight excluding hydrogens is 381 g/mol. The number of hydrogen-bond donors (Lipinski definition) is 1. The first-order valence-electron chi connectivity index (χ1n) is 7.83. The maximum atomic E-state index is 12.4. The van der Waals surface area contributed by atoms with Crippen LogP contribution in [0, 0.1) is 10.1 Å². The lowest BCUT2D eigenvalue weighted by Gasteiger charge is -2.29. The molecule has 1 saturated heterocycles. The number of morpholine rings is 1. The summed E-state index contributed by atoms with van der Waals surface area (Å²) in [5.41, 5.74) is 0.992. The van der Waals surface area contributed by atoms with Crippen molar-refractivity contribution in [3.8, 4) is 0 Å². The Hall–Kier alpha value is -2.35. The number of amides is 1. The van der Waals surface area contributed by atoms with Gasteiger partial charge in [0.25, 0.3) is 11.6 Å². The zero-order chi connectivity index (χ0) is 18.7. The molecule has 0 unspecified atom stereocenters. The van der Waals surface area contributed by atoms with Crippen molar-refractivity contribution in [3.63, 3.8) is 0 Å². The quantitative estimate of drug-likeness (QED) is 0.624. The molecule has 1 N–H and O–H groups in total. The Balaban J connectivity index is 1.92. The second kappa shape index (κ2) is 7.90. The third-order valence-electron chi connectivity index (χ3n) is 3.97. The SMILES string of the molecule is O=C(Nc1cc(N2CCOCC2)c([N+](=O)[O-])cc1Cl)c1ccc(Cl)cc1. The second-order valence-corrected chi connectivity index (χ2v) is 6.48. The van der Waals surface area contributed by atoms with Gasteiger partial charge in [0.05, 0.1) is 28.8 Å². The molecule has 9 heteroatoms. The fraction of sp³-hybridized carbons (Fsp3) is 0.235. The van der Waals surface area contributed by atoms with Crippen LogP contribution in [-0.4, -0.2) is 37.1 Å². The molecular formula is C17H15Cl2N3O4. The lowest BCUT2D eigenvalue weighted by molar-refractivity contribution is -0.384. The van der Waals surface area contributed by atoms with Gasteiger partial charge in [-0.3, -0.25) is 14.9 Å². The van der Waals surface area contributed by atoms with E-state index in [0.717, 1.165) is 0 Å². The number of nitrogens with zero attached hydrogens (tertiary/aromatic N) is 2. The number of nitro groups is 1. The Kier molecular flexibility index (Phi) is 5.61. The largest absolute Gasteiger partial charge is 0.378 e. The van der Waals surface area contributed by atoms with E-state index in [-0.39, 0.29) is 16.6 Å². The third-order valence-corrected chi connectivity index (χ3v) is 4.53. The summed E-state index contributed by atoms with van der Waals surface area (Å²) in [4.78, 5) is 25.2. The van der Waals surface area contributed by atoms with Crippen molar-refractivity contribution in [2.75, 3.05) is 36.5 Å². The van der Waals surface area contributed by atoms with Gasteiger partial charge in [-0.05, 0) is 30.3 Å². The molecule has 1 fully saturated rings. The Labute approximate surface area is 159 Å². The van der Waals surface area contributed by atoms with Crippen molar-refractivity contribution in [1.29, 1.82) is 0 Å². The van der Waals surface area contributed by atoms with E-state index in [1.54, 1.807) is 24.3 Å². The highest BCUT2D eigenvalue weighted by atomic mass is 35.5. The predicted octanol–water partition coefficient (Wildman–Crippen LogP) is 3.99. The molecule has 0 aromatic heterocycles. The van der Waals surface area contributed by atoms with E-state index in [4.69, 9.17) is 27.9 Å². The number of ether oxygens (including phenoxy) is 1. The molecule has 1 aliphatic heterocycles. The molecule has 1 amide bonds. The minimum atomic E-state index is -0.485.